The molecule has 3 saturated carbocycles. The van der Waals surface area contributed by atoms with Gasteiger partial charge in [-0.1, -0.05) is 84.5 Å². The molecule has 3 fully saturated rings. The first-order chi connectivity index (χ1) is 15.2. The first kappa shape index (κ1) is 25.1. The summed E-state index contributed by atoms with van der Waals surface area (Å²) in [4.78, 5) is 0. The molecule has 0 aliphatic heterocycles. The molecule has 0 bridgehead atoms. The second-order valence-corrected chi connectivity index (χ2v) is 11.9. The van der Waals surface area contributed by atoms with E-state index in [0.29, 0.717) is 5.92 Å². The Morgan fingerprint density at radius 2 is 1.13 bits per heavy atom. The van der Waals surface area contributed by atoms with Crippen molar-refractivity contribution in [3.63, 3.8) is 0 Å². The van der Waals surface area contributed by atoms with Crippen molar-refractivity contribution in [1.82, 2.24) is 0 Å². The molecule has 3 aliphatic rings. The molecule has 0 aromatic rings. The van der Waals surface area contributed by atoms with Crippen LogP contribution in [0.15, 0.2) is 0 Å². The zero-order chi connectivity index (χ0) is 21.9. The quantitative estimate of drug-likeness (QED) is 0.301. The van der Waals surface area contributed by atoms with E-state index in [1.165, 1.54) is 135 Å². The van der Waals surface area contributed by atoms with E-state index >= 15 is 0 Å². The number of nitrogens with zero attached hydrogens (tertiary/aromatic N) is 1. The molecule has 3 rings (SSSR count). The normalized spacial score (nSPS) is 36.7. The molecular formula is C30H53N. The lowest BCUT2D eigenvalue weighted by atomic mass is 9.58. The summed E-state index contributed by atoms with van der Waals surface area (Å²) in [6, 6.07) is 2.90. The van der Waals surface area contributed by atoms with Gasteiger partial charge in [-0.2, -0.15) is 5.26 Å². The molecule has 0 N–H and O–H groups in total. The van der Waals surface area contributed by atoms with Gasteiger partial charge in [0.15, 0.2) is 0 Å². The minimum Gasteiger partial charge on any atom is -0.198 e. The second-order valence-electron chi connectivity index (χ2n) is 11.9. The third-order valence-corrected chi connectivity index (χ3v) is 10.0. The molecule has 0 heterocycles. The van der Waals surface area contributed by atoms with Crippen molar-refractivity contribution in [2.24, 2.45) is 35.0 Å². The van der Waals surface area contributed by atoms with Crippen LogP contribution in [0.2, 0.25) is 0 Å². The molecule has 0 atom stereocenters. The average molecular weight is 428 g/mol. The van der Waals surface area contributed by atoms with Gasteiger partial charge in [0.05, 0.1) is 11.5 Å². The number of rotatable bonds is 11. The van der Waals surface area contributed by atoms with Gasteiger partial charge in [0, 0.05) is 0 Å². The fraction of sp³-hybridized carbons (Fsp3) is 0.967. The van der Waals surface area contributed by atoms with Crippen LogP contribution >= 0.6 is 0 Å². The van der Waals surface area contributed by atoms with Crippen LogP contribution in [-0.4, -0.2) is 0 Å². The number of nitriles is 1. The summed E-state index contributed by atoms with van der Waals surface area (Å²) in [7, 11) is 0. The van der Waals surface area contributed by atoms with Gasteiger partial charge in [-0.25, -0.2) is 0 Å². The maximum Gasteiger partial charge on any atom is 0.0692 e. The van der Waals surface area contributed by atoms with Crippen LogP contribution in [0.1, 0.15) is 149 Å². The molecule has 0 aromatic carbocycles. The Bertz CT molecular complexity index is 507. The number of hydrogen-bond acceptors (Lipinski definition) is 1. The highest BCUT2D eigenvalue weighted by atomic mass is 14.5. The third-order valence-electron chi connectivity index (χ3n) is 10.0. The Labute approximate surface area is 195 Å². The highest BCUT2D eigenvalue weighted by Crippen LogP contribution is 2.52. The van der Waals surface area contributed by atoms with Gasteiger partial charge in [-0.3, -0.25) is 0 Å². The van der Waals surface area contributed by atoms with Crippen LogP contribution in [0.3, 0.4) is 0 Å². The summed E-state index contributed by atoms with van der Waals surface area (Å²) in [5.74, 6) is 4.66. The van der Waals surface area contributed by atoms with Gasteiger partial charge < -0.3 is 0 Å². The van der Waals surface area contributed by atoms with Crippen LogP contribution < -0.4 is 0 Å². The second kappa shape index (κ2) is 13.3. The predicted octanol–water partition coefficient (Wildman–Crippen LogP) is 9.85. The fourth-order valence-corrected chi connectivity index (χ4v) is 7.71. The maximum atomic E-state index is 10.2. The zero-order valence-electron chi connectivity index (χ0n) is 21.2. The van der Waals surface area contributed by atoms with Crippen molar-refractivity contribution < 1.29 is 0 Å². The van der Waals surface area contributed by atoms with Crippen molar-refractivity contribution in [1.29, 1.82) is 5.26 Å². The molecular weight excluding hydrogens is 374 g/mol. The van der Waals surface area contributed by atoms with Crippen LogP contribution in [0.25, 0.3) is 0 Å². The summed E-state index contributed by atoms with van der Waals surface area (Å²) < 4.78 is 0. The Morgan fingerprint density at radius 3 is 1.71 bits per heavy atom. The zero-order valence-corrected chi connectivity index (χ0v) is 21.2. The van der Waals surface area contributed by atoms with E-state index in [0.717, 1.165) is 23.7 Å². The standard InChI is InChI=1S/C30H53N/c1-3-5-7-8-9-11-25-12-14-27(15-13-25)28-16-18-29(19-17-28)30(24-31)22-20-26(21-23-30)10-6-4-2/h25-29H,3-23H2,1-2H3. The molecule has 1 nitrogen and oxygen atoms in total. The van der Waals surface area contributed by atoms with Gasteiger partial charge in [0.25, 0.3) is 0 Å². The van der Waals surface area contributed by atoms with E-state index in [2.05, 4.69) is 19.9 Å². The summed E-state index contributed by atoms with van der Waals surface area (Å²) in [5.41, 5.74) is 0.0448. The summed E-state index contributed by atoms with van der Waals surface area (Å²) in [6.07, 6.45) is 29.5. The number of unbranched alkanes of at least 4 members (excludes halogenated alkanes) is 5. The van der Waals surface area contributed by atoms with Crippen LogP contribution in [0.5, 0.6) is 0 Å². The van der Waals surface area contributed by atoms with Crippen molar-refractivity contribution >= 4 is 0 Å². The van der Waals surface area contributed by atoms with E-state index in [1.54, 1.807) is 0 Å². The van der Waals surface area contributed by atoms with E-state index < -0.39 is 0 Å². The van der Waals surface area contributed by atoms with Gasteiger partial charge >= 0.3 is 0 Å². The van der Waals surface area contributed by atoms with Gasteiger partial charge in [0.1, 0.15) is 0 Å². The molecule has 1 heteroatoms. The third kappa shape index (κ3) is 7.24. The lowest BCUT2D eigenvalue weighted by Crippen LogP contribution is -2.37. The van der Waals surface area contributed by atoms with E-state index in [1.807, 2.05) is 0 Å². The topological polar surface area (TPSA) is 23.8 Å². The van der Waals surface area contributed by atoms with Crippen molar-refractivity contribution in [3.05, 3.63) is 0 Å². The molecule has 178 valence electrons. The first-order valence-electron chi connectivity index (χ1n) is 14.6. The first-order valence-corrected chi connectivity index (χ1v) is 14.6. The van der Waals surface area contributed by atoms with Crippen LogP contribution in [-0.2, 0) is 0 Å². The van der Waals surface area contributed by atoms with Crippen LogP contribution in [0, 0.1) is 46.3 Å². The lowest BCUT2D eigenvalue weighted by Gasteiger charge is -2.45. The van der Waals surface area contributed by atoms with E-state index in [4.69, 9.17) is 0 Å². The van der Waals surface area contributed by atoms with E-state index in [9.17, 15) is 5.26 Å². The monoisotopic (exact) mass is 427 g/mol. The Balaban J connectivity index is 1.36. The molecule has 0 radical (unpaired) electrons. The molecule has 31 heavy (non-hydrogen) atoms. The summed E-state index contributed by atoms with van der Waals surface area (Å²) in [5, 5.41) is 10.2. The molecule has 0 spiro atoms. The Morgan fingerprint density at radius 1 is 0.613 bits per heavy atom. The number of hydrogen-bond donors (Lipinski definition) is 0. The van der Waals surface area contributed by atoms with Gasteiger partial charge in [-0.15, -0.1) is 0 Å². The predicted molar refractivity (Wildman–Crippen MR) is 134 cm³/mol. The Hall–Kier alpha value is -0.510. The smallest absolute Gasteiger partial charge is 0.0692 e. The maximum absolute atomic E-state index is 10.2. The molecule has 0 aromatic heterocycles. The van der Waals surface area contributed by atoms with Gasteiger partial charge in [0.2, 0.25) is 0 Å². The molecule has 0 saturated heterocycles. The minimum absolute atomic E-state index is 0.0448. The molecule has 0 unspecified atom stereocenters. The fourth-order valence-electron chi connectivity index (χ4n) is 7.71. The van der Waals surface area contributed by atoms with Crippen LogP contribution in [0.4, 0.5) is 0 Å². The highest BCUT2D eigenvalue weighted by Gasteiger charge is 2.44. The highest BCUT2D eigenvalue weighted by molar-refractivity contribution is 5.06. The SMILES string of the molecule is CCCCCCCC1CCC(C2CCC(C3(C#N)CCC(CCCC)CC3)CC2)CC1. The van der Waals surface area contributed by atoms with Crippen molar-refractivity contribution in [3.8, 4) is 6.07 Å². The van der Waals surface area contributed by atoms with E-state index in [-0.39, 0.29) is 5.41 Å². The largest absolute Gasteiger partial charge is 0.198 e. The molecule has 3 aliphatic carbocycles. The molecule has 0 amide bonds. The minimum atomic E-state index is 0.0448. The van der Waals surface area contributed by atoms with Crippen molar-refractivity contribution in [2.75, 3.05) is 0 Å². The lowest BCUT2D eigenvalue weighted by molar-refractivity contribution is 0.0647. The average Bonchev–Trinajstić information content (AvgIpc) is 2.83. The summed E-state index contributed by atoms with van der Waals surface area (Å²) >= 11 is 0. The Kier molecular flexibility index (Phi) is 10.7. The van der Waals surface area contributed by atoms with Crippen molar-refractivity contribution in [2.45, 2.75) is 149 Å². The van der Waals surface area contributed by atoms with Gasteiger partial charge in [-0.05, 0) is 93.8 Å². The summed E-state index contributed by atoms with van der Waals surface area (Å²) in [6.45, 7) is 4.62.